The molecule has 224 valence electrons. The van der Waals surface area contributed by atoms with Gasteiger partial charge in [0.05, 0.1) is 25.0 Å². The van der Waals surface area contributed by atoms with E-state index in [1.54, 1.807) is 13.2 Å². The summed E-state index contributed by atoms with van der Waals surface area (Å²) >= 11 is 0. The van der Waals surface area contributed by atoms with Gasteiger partial charge in [0.15, 0.2) is 5.82 Å². The number of amides is 1. The molecule has 1 fully saturated rings. The van der Waals surface area contributed by atoms with Crippen molar-refractivity contribution in [1.82, 2.24) is 9.55 Å². The van der Waals surface area contributed by atoms with Crippen LogP contribution in [0.15, 0.2) is 77.7 Å². The predicted molar refractivity (Wildman–Crippen MR) is 172 cm³/mol. The van der Waals surface area contributed by atoms with Crippen LogP contribution in [-0.2, 0) is 17.2 Å². The fraction of sp³-hybridized carbons (Fsp3) is 0.324. The van der Waals surface area contributed by atoms with Crippen molar-refractivity contribution in [1.29, 1.82) is 0 Å². The first kappa shape index (κ1) is 30.0. The number of anilines is 4. The summed E-state index contributed by atoms with van der Waals surface area (Å²) < 4.78 is 7.06. The molecule has 0 aliphatic carbocycles. The Labute approximate surface area is 252 Å². The summed E-state index contributed by atoms with van der Waals surface area (Å²) in [6.45, 7) is 10.3. The molecule has 0 bridgehead atoms. The normalized spacial score (nSPS) is 15.3. The molecule has 0 saturated carbocycles. The highest BCUT2D eigenvalue weighted by atomic mass is 16.5. The monoisotopic (exact) mass is 581 g/mol. The van der Waals surface area contributed by atoms with E-state index in [-0.39, 0.29) is 35.4 Å². The predicted octanol–water partition coefficient (Wildman–Crippen LogP) is 5.25. The summed E-state index contributed by atoms with van der Waals surface area (Å²) in [7, 11) is 1.69. The van der Waals surface area contributed by atoms with Crippen molar-refractivity contribution < 1.29 is 14.6 Å². The molecule has 9 heteroatoms. The number of rotatable bonds is 7. The lowest BCUT2D eigenvalue weighted by Crippen LogP contribution is -2.44. The third-order valence-corrected chi connectivity index (χ3v) is 7.78. The van der Waals surface area contributed by atoms with E-state index in [0.29, 0.717) is 30.1 Å². The zero-order valence-electron chi connectivity index (χ0n) is 25.3. The van der Waals surface area contributed by atoms with E-state index in [1.807, 2.05) is 73.7 Å². The van der Waals surface area contributed by atoms with Crippen LogP contribution in [0.5, 0.6) is 0 Å². The molecule has 1 unspecified atom stereocenters. The number of aliphatic hydroxyl groups excluding tert-OH is 1. The topological polar surface area (TPSA) is 109 Å². The van der Waals surface area contributed by atoms with Crippen molar-refractivity contribution in [2.75, 3.05) is 41.8 Å². The summed E-state index contributed by atoms with van der Waals surface area (Å²) in [6.07, 6.45) is 1.50. The number of hydrogen-bond acceptors (Lipinski definition) is 7. The Morgan fingerprint density at radius 3 is 2.47 bits per heavy atom. The maximum atomic E-state index is 13.1. The second-order valence-corrected chi connectivity index (χ2v) is 11.9. The number of aryl methyl sites for hydroxylation is 1. The Kier molecular flexibility index (Phi) is 8.66. The highest BCUT2D eigenvalue weighted by Crippen LogP contribution is 2.29. The van der Waals surface area contributed by atoms with Crippen LogP contribution in [0.1, 0.15) is 42.3 Å². The van der Waals surface area contributed by atoms with Crippen LogP contribution in [0, 0.1) is 6.92 Å². The smallest absolute Gasteiger partial charge is 0.293 e. The Hall–Kier alpha value is -4.47. The van der Waals surface area contributed by atoms with Gasteiger partial charge in [-0.25, -0.2) is 4.98 Å². The van der Waals surface area contributed by atoms with Crippen LogP contribution in [0.4, 0.5) is 22.9 Å². The first-order chi connectivity index (χ1) is 20.5. The van der Waals surface area contributed by atoms with Gasteiger partial charge in [-0.1, -0.05) is 45.0 Å². The third-order valence-electron chi connectivity index (χ3n) is 7.78. The van der Waals surface area contributed by atoms with Crippen molar-refractivity contribution in [2.24, 2.45) is 7.05 Å². The molecule has 0 radical (unpaired) electrons. The van der Waals surface area contributed by atoms with Gasteiger partial charge in [-0.3, -0.25) is 9.59 Å². The average Bonchev–Trinajstić information content (AvgIpc) is 3.00. The van der Waals surface area contributed by atoms with E-state index in [0.717, 1.165) is 34.6 Å². The van der Waals surface area contributed by atoms with E-state index in [4.69, 9.17) is 9.72 Å². The number of carbonyl (C=O) groups excluding carboxylic acids is 1. The Morgan fingerprint density at radius 1 is 1.07 bits per heavy atom. The first-order valence-electron chi connectivity index (χ1n) is 14.5. The lowest BCUT2D eigenvalue weighted by Gasteiger charge is -2.33. The highest BCUT2D eigenvalue weighted by Gasteiger charge is 2.20. The third kappa shape index (κ3) is 6.79. The summed E-state index contributed by atoms with van der Waals surface area (Å²) in [5.41, 5.74) is 6.17. The number of hydrogen-bond donors (Lipinski definition) is 3. The van der Waals surface area contributed by atoms with Crippen LogP contribution in [0.2, 0.25) is 0 Å². The van der Waals surface area contributed by atoms with Gasteiger partial charge in [-0.2, -0.15) is 0 Å². The van der Waals surface area contributed by atoms with Gasteiger partial charge in [-0.05, 0) is 65.9 Å². The molecule has 1 amide bonds. The molecule has 3 aromatic carbocycles. The van der Waals surface area contributed by atoms with Gasteiger partial charge in [0.25, 0.3) is 11.5 Å². The van der Waals surface area contributed by atoms with Crippen molar-refractivity contribution in [3.05, 3.63) is 100.0 Å². The minimum absolute atomic E-state index is 0.00753. The number of morpholine rings is 1. The number of nitrogens with zero attached hydrogens (tertiary/aromatic N) is 3. The molecule has 4 aromatic rings. The van der Waals surface area contributed by atoms with E-state index in [1.165, 1.54) is 4.57 Å². The summed E-state index contributed by atoms with van der Waals surface area (Å²) in [5, 5.41) is 15.7. The highest BCUT2D eigenvalue weighted by molar-refractivity contribution is 6.05. The van der Waals surface area contributed by atoms with E-state index >= 15 is 0 Å². The quantitative estimate of drug-likeness (QED) is 0.274. The van der Waals surface area contributed by atoms with Gasteiger partial charge in [0, 0.05) is 54.5 Å². The Balaban J connectivity index is 1.35. The molecule has 2 heterocycles. The second-order valence-electron chi connectivity index (χ2n) is 11.9. The summed E-state index contributed by atoms with van der Waals surface area (Å²) in [4.78, 5) is 33.0. The Bertz CT molecular complexity index is 1660. The standard InChI is InChI=1S/C34H39N5O4/c1-22-28(7-6-8-29(22)37-32(41)23-9-11-24(12-10-23)34(2,3)4)30-20-38(5)33(42)31(36-30)35-25-13-15-26(16-14-25)39-17-18-43-27(19-39)21-40/h6-16,20,27,40H,17-19,21H2,1-5H3,(H,35,36)(H,37,41). The van der Waals surface area contributed by atoms with Crippen LogP contribution in [-0.4, -0.2) is 53.0 Å². The maximum absolute atomic E-state index is 13.1. The van der Waals surface area contributed by atoms with Crippen molar-refractivity contribution >= 4 is 28.8 Å². The molecule has 1 atom stereocenters. The van der Waals surface area contributed by atoms with Gasteiger partial charge < -0.3 is 29.9 Å². The van der Waals surface area contributed by atoms with Crippen LogP contribution in [0.25, 0.3) is 11.3 Å². The molecule has 1 aliphatic rings. The number of carbonyl (C=O) groups is 1. The maximum Gasteiger partial charge on any atom is 0.293 e. The minimum Gasteiger partial charge on any atom is -0.394 e. The first-order valence-corrected chi connectivity index (χ1v) is 14.5. The summed E-state index contributed by atoms with van der Waals surface area (Å²) in [6, 6.07) is 21.1. The molecule has 43 heavy (non-hydrogen) atoms. The number of ether oxygens (including phenoxy) is 1. The average molecular weight is 582 g/mol. The van der Waals surface area contributed by atoms with E-state index < -0.39 is 0 Å². The van der Waals surface area contributed by atoms with Gasteiger partial charge >= 0.3 is 0 Å². The minimum atomic E-state index is -0.257. The number of aromatic nitrogens is 2. The molecule has 0 spiro atoms. The van der Waals surface area contributed by atoms with Crippen molar-refractivity contribution in [2.45, 2.75) is 39.2 Å². The Morgan fingerprint density at radius 2 is 1.79 bits per heavy atom. The molecule has 9 nitrogen and oxygen atoms in total. The van der Waals surface area contributed by atoms with Gasteiger partial charge in [0.2, 0.25) is 0 Å². The zero-order chi connectivity index (χ0) is 30.7. The van der Waals surface area contributed by atoms with Crippen LogP contribution in [0.3, 0.4) is 0 Å². The molecular formula is C34H39N5O4. The van der Waals surface area contributed by atoms with Gasteiger partial charge in [-0.15, -0.1) is 0 Å². The molecular weight excluding hydrogens is 542 g/mol. The number of nitrogens with one attached hydrogen (secondary N) is 2. The zero-order valence-corrected chi connectivity index (χ0v) is 25.3. The SMILES string of the molecule is Cc1c(NC(=O)c2ccc(C(C)(C)C)cc2)cccc1-c1cn(C)c(=O)c(Nc2ccc(N3CCOC(CO)C3)cc2)n1. The largest absolute Gasteiger partial charge is 0.394 e. The molecule has 1 aliphatic heterocycles. The molecule has 3 N–H and O–H groups in total. The summed E-state index contributed by atoms with van der Waals surface area (Å²) in [5.74, 6) is 0.0103. The van der Waals surface area contributed by atoms with E-state index in [2.05, 4.69) is 36.3 Å². The number of benzene rings is 3. The second kappa shape index (κ2) is 12.4. The molecule has 1 saturated heterocycles. The van der Waals surface area contributed by atoms with Crippen molar-refractivity contribution in [3.8, 4) is 11.3 Å². The van der Waals surface area contributed by atoms with Crippen molar-refractivity contribution in [3.63, 3.8) is 0 Å². The fourth-order valence-electron chi connectivity index (χ4n) is 5.14. The molecule has 5 rings (SSSR count). The number of aliphatic hydroxyl groups is 1. The van der Waals surface area contributed by atoms with E-state index in [9.17, 15) is 14.7 Å². The van der Waals surface area contributed by atoms with Crippen LogP contribution >= 0.6 is 0 Å². The van der Waals surface area contributed by atoms with Gasteiger partial charge in [0.1, 0.15) is 0 Å². The lowest BCUT2D eigenvalue weighted by molar-refractivity contribution is 0.00357. The lowest BCUT2D eigenvalue weighted by atomic mass is 9.86. The molecule has 1 aromatic heterocycles. The fourth-order valence-corrected chi connectivity index (χ4v) is 5.14. The van der Waals surface area contributed by atoms with Crippen LogP contribution < -0.4 is 21.1 Å².